The first kappa shape index (κ1) is 24.8. The fraction of sp³-hybridized carbons (Fsp3) is 0.185. The zero-order chi connectivity index (χ0) is 24.7. The maximum absolute atomic E-state index is 13.7. The van der Waals surface area contributed by atoms with E-state index in [1.54, 1.807) is 61.5 Å². The third kappa shape index (κ3) is 6.81. The summed E-state index contributed by atoms with van der Waals surface area (Å²) < 4.78 is 40.7. The van der Waals surface area contributed by atoms with Gasteiger partial charge in [-0.3, -0.25) is 4.79 Å². The second-order valence-electron chi connectivity index (χ2n) is 7.93. The van der Waals surface area contributed by atoms with Crippen molar-refractivity contribution in [1.82, 2.24) is 0 Å². The molecule has 34 heavy (non-hydrogen) atoms. The summed E-state index contributed by atoms with van der Waals surface area (Å²) in [6, 6.07) is 18.8. The van der Waals surface area contributed by atoms with Gasteiger partial charge in [-0.25, -0.2) is 13.2 Å². The van der Waals surface area contributed by atoms with Gasteiger partial charge in [0.15, 0.2) is 0 Å². The molecule has 0 aliphatic heterocycles. The van der Waals surface area contributed by atoms with Crippen LogP contribution in [0.1, 0.15) is 37.0 Å². The van der Waals surface area contributed by atoms with Crippen LogP contribution in [0.5, 0.6) is 0 Å². The van der Waals surface area contributed by atoms with E-state index in [9.17, 15) is 18.0 Å². The summed E-state index contributed by atoms with van der Waals surface area (Å²) in [5.74, 6) is -3.48. The highest BCUT2D eigenvalue weighted by Gasteiger charge is 2.28. The van der Waals surface area contributed by atoms with Gasteiger partial charge in [0, 0.05) is 34.8 Å². The molecular formula is C27H26F3N3O. The molecule has 0 aliphatic carbocycles. The molecule has 3 aromatic carbocycles. The van der Waals surface area contributed by atoms with E-state index >= 15 is 0 Å². The molecule has 0 heterocycles. The van der Waals surface area contributed by atoms with Crippen LogP contribution >= 0.6 is 0 Å². The minimum Gasteiger partial charge on any atom is -0.355 e. The van der Waals surface area contributed by atoms with Gasteiger partial charge in [-0.05, 0) is 72.7 Å². The number of hydrogen-bond acceptors (Lipinski definition) is 3. The molecule has 0 bridgehead atoms. The first-order valence-corrected chi connectivity index (χ1v) is 10.8. The summed E-state index contributed by atoms with van der Waals surface area (Å²) in [4.78, 5) is 12.4. The smallest absolute Gasteiger partial charge is 0.273 e. The average Bonchev–Trinajstić information content (AvgIpc) is 2.80. The minimum atomic E-state index is -2.88. The SMILES string of the molecule is CCC(F)(F)c1ccc(CC(=O)Nc2ccc(N/C(=C\C(C)=N)c3ccc(F)cc3)cc2)cc1. The fourth-order valence-electron chi connectivity index (χ4n) is 3.29. The Balaban J connectivity index is 1.63. The van der Waals surface area contributed by atoms with Gasteiger partial charge in [0.1, 0.15) is 5.82 Å². The second kappa shape index (κ2) is 10.8. The van der Waals surface area contributed by atoms with Crippen LogP contribution in [0.2, 0.25) is 0 Å². The Kier molecular flexibility index (Phi) is 7.89. The lowest BCUT2D eigenvalue weighted by Gasteiger charge is -2.14. The van der Waals surface area contributed by atoms with E-state index in [1.165, 1.54) is 31.2 Å². The van der Waals surface area contributed by atoms with E-state index in [4.69, 9.17) is 5.41 Å². The number of hydrogen-bond donors (Lipinski definition) is 3. The van der Waals surface area contributed by atoms with E-state index in [2.05, 4.69) is 10.6 Å². The number of allylic oxidation sites excluding steroid dienone is 1. The lowest BCUT2D eigenvalue weighted by Crippen LogP contribution is -2.15. The third-order valence-electron chi connectivity index (χ3n) is 5.15. The molecule has 3 aromatic rings. The molecule has 0 spiro atoms. The summed E-state index contributed by atoms with van der Waals surface area (Å²) in [6.45, 7) is 3.07. The van der Waals surface area contributed by atoms with Gasteiger partial charge in [0.05, 0.1) is 6.42 Å². The number of amides is 1. The Hall–Kier alpha value is -3.87. The van der Waals surface area contributed by atoms with Crippen molar-refractivity contribution >= 4 is 28.7 Å². The van der Waals surface area contributed by atoms with Crippen molar-refractivity contribution in [2.24, 2.45) is 0 Å². The normalized spacial score (nSPS) is 11.7. The molecule has 0 fully saturated rings. The number of nitrogens with one attached hydrogen (secondary N) is 3. The molecule has 4 nitrogen and oxygen atoms in total. The molecule has 0 saturated carbocycles. The Morgan fingerprint density at radius 3 is 2.00 bits per heavy atom. The van der Waals surface area contributed by atoms with E-state index in [0.717, 1.165) is 11.3 Å². The van der Waals surface area contributed by atoms with Gasteiger partial charge in [0.25, 0.3) is 5.92 Å². The lowest BCUT2D eigenvalue weighted by atomic mass is 10.0. The highest BCUT2D eigenvalue weighted by molar-refractivity contribution is 5.99. The molecule has 0 aliphatic rings. The number of benzene rings is 3. The topological polar surface area (TPSA) is 65.0 Å². The first-order valence-electron chi connectivity index (χ1n) is 10.8. The molecule has 0 atom stereocenters. The number of alkyl halides is 2. The fourth-order valence-corrected chi connectivity index (χ4v) is 3.29. The van der Waals surface area contributed by atoms with Crippen LogP contribution in [0, 0.1) is 11.2 Å². The lowest BCUT2D eigenvalue weighted by molar-refractivity contribution is -0.115. The maximum Gasteiger partial charge on any atom is 0.273 e. The van der Waals surface area contributed by atoms with Crippen LogP contribution in [-0.2, 0) is 17.1 Å². The van der Waals surface area contributed by atoms with Gasteiger partial charge < -0.3 is 16.0 Å². The summed E-state index contributed by atoms with van der Waals surface area (Å²) in [5.41, 5.74) is 3.59. The predicted molar refractivity (Wildman–Crippen MR) is 131 cm³/mol. The van der Waals surface area contributed by atoms with Crippen LogP contribution in [0.4, 0.5) is 24.5 Å². The van der Waals surface area contributed by atoms with Crippen LogP contribution in [0.3, 0.4) is 0 Å². The Morgan fingerprint density at radius 1 is 0.912 bits per heavy atom. The van der Waals surface area contributed by atoms with Crippen molar-refractivity contribution in [1.29, 1.82) is 5.41 Å². The molecule has 176 valence electrons. The summed E-state index contributed by atoms with van der Waals surface area (Å²) >= 11 is 0. The molecule has 0 unspecified atom stereocenters. The summed E-state index contributed by atoms with van der Waals surface area (Å²) in [5, 5.41) is 13.8. The van der Waals surface area contributed by atoms with Gasteiger partial charge in [-0.1, -0.05) is 31.2 Å². The van der Waals surface area contributed by atoms with Crippen LogP contribution in [-0.4, -0.2) is 11.6 Å². The van der Waals surface area contributed by atoms with Crippen LogP contribution in [0.15, 0.2) is 78.9 Å². The van der Waals surface area contributed by atoms with Gasteiger partial charge in [-0.15, -0.1) is 0 Å². The molecule has 0 aromatic heterocycles. The van der Waals surface area contributed by atoms with Crippen molar-refractivity contribution in [2.75, 3.05) is 10.6 Å². The molecule has 0 saturated heterocycles. The molecule has 3 rings (SSSR count). The quantitative estimate of drug-likeness (QED) is 0.298. The molecule has 7 heteroatoms. The Morgan fingerprint density at radius 2 is 1.47 bits per heavy atom. The molecule has 3 N–H and O–H groups in total. The third-order valence-corrected chi connectivity index (χ3v) is 5.15. The zero-order valence-corrected chi connectivity index (χ0v) is 19.0. The highest BCUT2D eigenvalue weighted by Crippen LogP contribution is 2.31. The Labute approximate surface area is 197 Å². The van der Waals surface area contributed by atoms with Gasteiger partial charge >= 0.3 is 0 Å². The highest BCUT2D eigenvalue weighted by atomic mass is 19.3. The van der Waals surface area contributed by atoms with Crippen molar-refractivity contribution < 1.29 is 18.0 Å². The standard InChI is InChI=1S/C27H26F3N3O/c1-3-27(29,30)21-8-4-19(5-9-21)17-26(34)33-24-14-12-23(13-15-24)32-25(16-18(2)31)20-6-10-22(28)11-7-20/h4-16,31-32H,3,17H2,1-2H3,(H,33,34)/b25-16-,31-18?. The van der Waals surface area contributed by atoms with E-state index < -0.39 is 5.92 Å². The largest absolute Gasteiger partial charge is 0.355 e. The number of halogens is 3. The van der Waals surface area contributed by atoms with Gasteiger partial charge in [-0.2, -0.15) is 0 Å². The van der Waals surface area contributed by atoms with Crippen molar-refractivity contribution in [2.45, 2.75) is 32.6 Å². The second-order valence-corrected chi connectivity index (χ2v) is 7.93. The molecular weight excluding hydrogens is 439 g/mol. The van der Waals surface area contributed by atoms with Crippen LogP contribution in [0.25, 0.3) is 5.70 Å². The number of rotatable bonds is 9. The monoisotopic (exact) mass is 465 g/mol. The predicted octanol–water partition coefficient (Wildman–Crippen LogP) is 7.00. The zero-order valence-electron chi connectivity index (χ0n) is 19.0. The molecule has 0 radical (unpaired) electrons. The van der Waals surface area contributed by atoms with Crippen molar-refractivity contribution in [3.8, 4) is 0 Å². The summed E-state index contributed by atoms with van der Waals surface area (Å²) in [6.07, 6.45) is 1.43. The maximum atomic E-state index is 13.7. The van der Waals surface area contributed by atoms with Crippen molar-refractivity contribution in [3.63, 3.8) is 0 Å². The van der Waals surface area contributed by atoms with Gasteiger partial charge in [0.2, 0.25) is 5.91 Å². The van der Waals surface area contributed by atoms with E-state index in [-0.39, 0.29) is 30.1 Å². The molecule has 1 amide bonds. The number of anilines is 2. The first-order chi connectivity index (χ1) is 16.2. The number of carbonyl (C=O) groups is 1. The van der Waals surface area contributed by atoms with Crippen molar-refractivity contribution in [3.05, 3.63) is 101 Å². The average molecular weight is 466 g/mol. The van der Waals surface area contributed by atoms with E-state index in [1.807, 2.05) is 0 Å². The van der Waals surface area contributed by atoms with E-state index in [0.29, 0.717) is 22.7 Å². The minimum absolute atomic E-state index is 0.0606. The van der Waals surface area contributed by atoms with Crippen LogP contribution < -0.4 is 10.6 Å². The number of carbonyl (C=O) groups excluding carboxylic acids is 1. The Bertz CT molecular complexity index is 1170. The summed E-state index contributed by atoms with van der Waals surface area (Å²) in [7, 11) is 0.